The molecule has 0 saturated heterocycles. The zero-order valence-corrected chi connectivity index (χ0v) is 18.0. The summed E-state index contributed by atoms with van der Waals surface area (Å²) in [7, 11) is 3.34. The van der Waals surface area contributed by atoms with Gasteiger partial charge >= 0.3 is 0 Å². The Hall–Kier alpha value is -2.24. The standard InChI is InChI=1S/C24H37N3O2/c1-28-23-13-12-21(20-24(23)29-2)14-17-25-15-8-3-4-9-16-26-18-19-27-22-10-6-5-7-11-22/h5-7,10-13,20,25-27H,3-4,8-9,14-19H2,1-2H3. The van der Waals surface area contributed by atoms with Gasteiger partial charge < -0.3 is 25.4 Å². The van der Waals surface area contributed by atoms with Gasteiger partial charge in [0, 0.05) is 18.8 Å². The Kier molecular flexibility index (Phi) is 11.7. The van der Waals surface area contributed by atoms with Gasteiger partial charge in [-0.05, 0) is 68.7 Å². The zero-order valence-electron chi connectivity index (χ0n) is 18.0. The number of unbranched alkanes of at least 4 members (excludes halogenated alkanes) is 3. The molecular formula is C24H37N3O2. The summed E-state index contributed by atoms with van der Waals surface area (Å²) in [6.45, 7) is 5.15. The molecule has 0 spiro atoms. The van der Waals surface area contributed by atoms with Crippen LogP contribution in [0.5, 0.6) is 11.5 Å². The highest BCUT2D eigenvalue weighted by molar-refractivity contribution is 5.43. The number of nitrogens with one attached hydrogen (secondary N) is 3. The van der Waals surface area contributed by atoms with E-state index in [4.69, 9.17) is 9.47 Å². The van der Waals surface area contributed by atoms with Crippen LogP contribution in [0.4, 0.5) is 5.69 Å². The molecule has 0 saturated carbocycles. The Labute approximate surface area is 176 Å². The van der Waals surface area contributed by atoms with Crippen LogP contribution in [-0.4, -0.2) is 46.9 Å². The van der Waals surface area contributed by atoms with Crippen molar-refractivity contribution >= 4 is 5.69 Å². The minimum Gasteiger partial charge on any atom is -0.493 e. The van der Waals surface area contributed by atoms with Crippen LogP contribution in [0, 0.1) is 0 Å². The SMILES string of the molecule is COc1ccc(CCNCCCCCCNCCNc2ccccc2)cc1OC. The Bertz CT molecular complexity index is 664. The molecule has 3 N–H and O–H groups in total. The second-order valence-corrected chi connectivity index (χ2v) is 7.15. The molecular weight excluding hydrogens is 362 g/mol. The van der Waals surface area contributed by atoms with E-state index in [0.717, 1.165) is 50.6 Å². The highest BCUT2D eigenvalue weighted by atomic mass is 16.5. The third-order valence-corrected chi connectivity index (χ3v) is 4.90. The van der Waals surface area contributed by atoms with E-state index in [0.29, 0.717) is 0 Å². The highest BCUT2D eigenvalue weighted by Gasteiger charge is 2.04. The van der Waals surface area contributed by atoms with Crippen molar-refractivity contribution in [2.24, 2.45) is 0 Å². The smallest absolute Gasteiger partial charge is 0.160 e. The lowest BCUT2D eigenvalue weighted by Gasteiger charge is -2.10. The monoisotopic (exact) mass is 399 g/mol. The molecule has 0 radical (unpaired) electrons. The van der Waals surface area contributed by atoms with Gasteiger partial charge in [0.1, 0.15) is 0 Å². The molecule has 0 aliphatic carbocycles. The number of anilines is 1. The van der Waals surface area contributed by atoms with E-state index in [-0.39, 0.29) is 0 Å². The molecule has 0 aromatic heterocycles. The molecule has 0 amide bonds. The lowest BCUT2D eigenvalue weighted by atomic mass is 10.1. The van der Waals surface area contributed by atoms with E-state index in [2.05, 4.69) is 52.3 Å². The number of hydrogen-bond donors (Lipinski definition) is 3. The summed E-state index contributed by atoms with van der Waals surface area (Å²) in [4.78, 5) is 0. The summed E-state index contributed by atoms with van der Waals surface area (Å²) < 4.78 is 10.6. The molecule has 0 atom stereocenters. The first kappa shape index (κ1) is 23.0. The predicted octanol–water partition coefficient (Wildman–Crippen LogP) is 4.10. The zero-order chi connectivity index (χ0) is 20.6. The molecule has 0 bridgehead atoms. The van der Waals surface area contributed by atoms with Crippen LogP contribution in [0.25, 0.3) is 0 Å². The van der Waals surface area contributed by atoms with Gasteiger partial charge in [0.2, 0.25) is 0 Å². The predicted molar refractivity (Wildman–Crippen MR) is 122 cm³/mol. The van der Waals surface area contributed by atoms with Crippen LogP contribution >= 0.6 is 0 Å². The van der Waals surface area contributed by atoms with Crippen molar-refractivity contribution in [3.63, 3.8) is 0 Å². The van der Waals surface area contributed by atoms with Crippen molar-refractivity contribution in [1.29, 1.82) is 0 Å². The number of ether oxygens (including phenoxy) is 2. The quantitative estimate of drug-likeness (QED) is 0.371. The van der Waals surface area contributed by atoms with Crippen LogP contribution < -0.4 is 25.4 Å². The third-order valence-electron chi connectivity index (χ3n) is 4.90. The van der Waals surface area contributed by atoms with Crippen LogP contribution in [0.1, 0.15) is 31.2 Å². The number of benzene rings is 2. The second-order valence-electron chi connectivity index (χ2n) is 7.15. The topological polar surface area (TPSA) is 54.5 Å². The summed E-state index contributed by atoms with van der Waals surface area (Å²) in [5, 5.41) is 10.5. The van der Waals surface area contributed by atoms with Gasteiger partial charge in [-0.2, -0.15) is 0 Å². The molecule has 5 heteroatoms. The van der Waals surface area contributed by atoms with Crippen molar-refractivity contribution in [3.8, 4) is 11.5 Å². The highest BCUT2D eigenvalue weighted by Crippen LogP contribution is 2.27. The van der Waals surface area contributed by atoms with E-state index in [1.807, 2.05) is 12.1 Å². The molecule has 5 nitrogen and oxygen atoms in total. The van der Waals surface area contributed by atoms with Crippen LogP contribution in [-0.2, 0) is 6.42 Å². The molecule has 160 valence electrons. The summed E-state index contributed by atoms with van der Waals surface area (Å²) in [6, 6.07) is 16.5. The second kappa shape index (κ2) is 14.7. The van der Waals surface area contributed by atoms with Crippen molar-refractivity contribution in [3.05, 3.63) is 54.1 Å². The lowest BCUT2D eigenvalue weighted by molar-refractivity contribution is 0.354. The number of hydrogen-bond acceptors (Lipinski definition) is 5. The van der Waals surface area contributed by atoms with Crippen molar-refractivity contribution in [2.45, 2.75) is 32.1 Å². The molecule has 0 fully saturated rings. The summed E-state index contributed by atoms with van der Waals surface area (Å²) in [5.74, 6) is 1.58. The van der Waals surface area contributed by atoms with Gasteiger partial charge in [0.25, 0.3) is 0 Å². The molecule has 2 aromatic carbocycles. The first-order valence-corrected chi connectivity index (χ1v) is 10.7. The number of para-hydroxylation sites is 1. The van der Waals surface area contributed by atoms with Crippen LogP contribution in [0.15, 0.2) is 48.5 Å². The first-order chi connectivity index (χ1) is 14.3. The molecule has 0 aliphatic heterocycles. The maximum atomic E-state index is 5.36. The Morgan fingerprint density at radius 3 is 2.03 bits per heavy atom. The minimum atomic E-state index is 0.783. The van der Waals surface area contributed by atoms with Crippen molar-refractivity contribution in [2.75, 3.05) is 52.3 Å². The van der Waals surface area contributed by atoms with Crippen LogP contribution in [0.3, 0.4) is 0 Å². The van der Waals surface area contributed by atoms with Crippen molar-refractivity contribution in [1.82, 2.24) is 10.6 Å². The van der Waals surface area contributed by atoms with E-state index in [9.17, 15) is 0 Å². The number of rotatable bonds is 16. The lowest BCUT2D eigenvalue weighted by Crippen LogP contribution is -2.23. The molecule has 0 unspecified atom stereocenters. The van der Waals surface area contributed by atoms with Gasteiger partial charge in [0.05, 0.1) is 14.2 Å². The minimum absolute atomic E-state index is 0.783. The van der Waals surface area contributed by atoms with Gasteiger partial charge in [0.15, 0.2) is 11.5 Å². The van der Waals surface area contributed by atoms with Gasteiger partial charge in [-0.1, -0.05) is 37.1 Å². The Morgan fingerprint density at radius 2 is 1.34 bits per heavy atom. The maximum Gasteiger partial charge on any atom is 0.160 e. The molecule has 29 heavy (non-hydrogen) atoms. The molecule has 2 rings (SSSR count). The Balaban J connectivity index is 1.38. The number of methoxy groups -OCH3 is 2. The molecule has 0 heterocycles. The van der Waals surface area contributed by atoms with Gasteiger partial charge in [-0.3, -0.25) is 0 Å². The average Bonchev–Trinajstić information content (AvgIpc) is 2.77. The average molecular weight is 400 g/mol. The summed E-state index contributed by atoms with van der Waals surface area (Å²) >= 11 is 0. The fraction of sp³-hybridized carbons (Fsp3) is 0.500. The van der Waals surface area contributed by atoms with E-state index in [1.165, 1.54) is 36.9 Å². The third kappa shape index (κ3) is 9.68. The Morgan fingerprint density at radius 1 is 0.655 bits per heavy atom. The molecule has 0 aliphatic rings. The largest absolute Gasteiger partial charge is 0.493 e. The first-order valence-electron chi connectivity index (χ1n) is 10.7. The fourth-order valence-corrected chi connectivity index (χ4v) is 3.22. The van der Waals surface area contributed by atoms with Crippen LogP contribution in [0.2, 0.25) is 0 Å². The molecule has 2 aromatic rings. The fourth-order valence-electron chi connectivity index (χ4n) is 3.22. The van der Waals surface area contributed by atoms with E-state index >= 15 is 0 Å². The summed E-state index contributed by atoms with van der Waals surface area (Å²) in [6.07, 6.45) is 6.06. The normalized spacial score (nSPS) is 10.7. The maximum absolute atomic E-state index is 5.36. The van der Waals surface area contributed by atoms with E-state index < -0.39 is 0 Å². The van der Waals surface area contributed by atoms with E-state index in [1.54, 1.807) is 14.2 Å². The van der Waals surface area contributed by atoms with Gasteiger partial charge in [-0.15, -0.1) is 0 Å². The van der Waals surface area contributed by atoms with Gasteiger partial charge in [-0.25, -0.2) is 0 Å². The summed E-state index contributed by atoms with van der Waals surface area (Å²) in [5.41, 5.74) is 2.45. The van der Waals surface area contributed by atoms with Crippen molar-refractivity contribution < 1.29 is 9.47 Å².